The number of aryl methyl sites for hydroxylation is 1. The molecule has 78 heavy (non-hydrogen) atoms. The molecule has 11 nitrogen and oxygen atoms in total. The molecule has 3 aromatic heterocycles. The van der Waals surface area contributed by atoms with Crippen LogP contribution in [0.3, 0.4) is 0 Å². The average Bonchev–Trinajstić information content (AvgIpc) is 4.02. The fourth-order valence-electron chi connectivity index (χ4n) is 6.67. The molecule has 11 rings (SSSR count). The standard InChI is InChI=1S/C12H12N2O.C12H11N.C11H10N2.C10H10N2.C9H11N.C7H9N.C6H7N/c13-11-3-5-12(6-4-11)15-9-10-2-1-7-14-8-10;13-12-8-6-11(7-9-12)10-4-2-1-3-5-10;12-11-5-3-9(4-6-11)10-2-1-7-13-8-10;11-9-3-5-10(6-4-9)12-7-1-2-8-12;1-7(2)8-3-5-9(10)6-4-8;1-6-2-4-7(8)5-3-6;7-6-4-2-1-3-5-6/h1-8H,9,13H2;1-9H,13H2;1-8H,12H2;1-8H,11H2;3-6H,1,10H2,2H3;2-5H,8H2,1H3;1-5H,7H2. The summed E-state index contributed by atoms with van der Waals surface area (Å²) in [6.07, 6.45) is 11.1. The Morgan fingerprint density at radius 2 is 0.782 bits per heavy atom. The summed E-state index contributed by atoms with van der Waals surface area (Å²) in [6, 6.07) is 77.8. The van der Waals surface area contributed by atoms with Crippen LogP contribution >= 0.6 is 0 Å². The topological polar surface area (TPSA) is 222 Å². The van der Waals surface area contributed by atoms with Gasteiger partial charge in [-0.15, -0.1) is 0 Å². The molecule has 0 aliphatic carbocycles. The first-order chi connectivity index (χ1) is 37.8. The van der Waals surface area contributed by atoms with E-state index >= 15 is 0 Å². The summed E-state index contributed by atoms with van der Waals surface area (Å²) in [7, 11) is 0. The summed E-state index contributed by atoms with van der Waals surface area (Å²) in [6.45, 7) is 8.36. The Hall–Kier alpha value is -10.5. The number of hydrogen-bond donors (Lipinski definition) is 7. The number of hydrogen-bond acceptors (Lipinski definition) is 10. The van der Waals surface area contributed by atoms with Crippen molar-refractivity contribution in [1.29, 1.82) is 0 Å². The minimum absolute atomic E-state index is 0.526. The van der Waals surface area contributed by atoms with E-state index in [1.54, 1.807) is 18.6 Å². The lowest BCUT2D eigenvalue weighted by Gasteiger charge is -2.05. The second-order valence-electron chi connectivity index (χ2n) is 17.5. The second-order valence-corrected chi connectivity index (χ2v) is 17.5. The summed E-state index contributed by atoms with van der Waals surface area (Å²) in [5.74, 6) is 0.813. The van der Waals surface area contributed by atoms with Gasteiger partial charge < -0.3 is 49.4 Å². The number of nitrogens with two attached hydrogens (primary N) is 7. The first-order valence-corrected chi connectivity index (χ1v) is 25.0. The van der Waals surface area contributed by atoms with E-state index in [0.29, 0.717) is 6.61 Å². The number of benzene rings is 8. The number of pyridine rings is 2. The summed E-state index contributed by atoms with van der Waals surface area (Å²) in [5.41, 5.74) is 54.5. The van der Waals surface area contributed by atoms with Crippen molar-refractivity contribution in [2.24, 2.45) is 0 Å². The Morgan fingerprint density at radius 3 is 1.21 bits per heavy atom. The van der Waals surface area contributed by atoms with Gasteiger partial charge in [-0.2, -0.15) is 0 Å². The highest BCUT2D eigenvalue weighted by Crippen LogP contribution is 2.21. The molecule has 0 atom stereocenters. The lowest BCUT2D eigenvalue weighted by Crippen LogP contribution is -1.95. The molecular weight excluding hydrogens is 961 g/mol. The zero-order chi connectivity index (χ0) is 55.7. The first-order valence-electron chi connectivity index (χ1n) is 25.0. The van der Waals surface area contributed by atoms with Crippen molar-refractivity contribution >= 4 is 45.4 Å². The number of anilines is 7. The smallest absolute Gasteiger partial charge is 0.119 e. The number of aromatic nitrogens is 3. The molecule has 14 N–H and O–H groups in total. The van der Waals surface area contributed by atoms with Gasteiger partial charge >= 0.3 is 0 Å². The van der Waals surface area contributed by atoms with Crippen LogP contribution in [0.4, 0.5) is 39.8 Å². The molecule has 394 valence electrons. The number of rotatable bonds is 7. The SMILES string of the molecule is C=C(C)c1ccc(N)cc1.Cc1ccc(N)cc1.Nc1ccc(-c2ccccc2)cc1.Nc1ccc(-c2cccnc2)cc1.Nc1ccc(-n2cccc2)cc1.Nc1ccc(OCc2cccnc2)cc1.Nc1ccccc1. The first kappa shape index (κ1) is 58.4. The molecule has 0 spiro atoms. The Bertz CT molecular complexity index is 3210. The average molecular weight is 1030 g/mol. The number of allylic oxidation sites excluding steroid dienone is 1. The van der Waals surface area contributed by atoms with Crippen LogP contribution in [0.25, 0.3) is 33.5 Å². The molecule has 0 bridgehead atoms. The van der Waals surface area contributed by atoms with Crippen LogP contribution in [-0.4, -0.2) is 14.5 Å². The molecule has 0 fully saturated rings. The maximum atomic E-state index is 5.60. The minimum Gasteiger partial charge on any atom is -0.489 e. The van der Waals surface area contributed by atoms with Gasteiger partial charge in [0.2, 0.25) is 0 Å². The van der Waals surface area contributed by atoms with Crippen LogP contribution in [0.5, 0.6) is 5.75 Å². The van der Waals surface area contributed by atoms with Crippen LogP contribution < -0.4 is 44.9 Å². The number of ether oxygens (including phenoxy) is 1. The highest BCUT2D eigenvalue weighted by atomic mass is 16.5. The lowest BCUT2D eigenvalue weighted by atomic mass is 10.1. The number of para-hydroxylation sites is 1. The predicted molar refractivity (Wildman–Crippen MR) is 332 cm³/mol. The van der Waals surface area contributed by atoms with E-state index in [1.807, 2.05) is 268 Å². The molecule has 0 saturated heterocycles. The van der Waals surface area contributed by atoms with E-state index in [4.69, 9.17) is 44.9 Å². The van der Waals surface area contributed by atoms with Crippen molar-refractivity contribution in [3.8, 4) is 33.7 Å². The zero-order valence-electron chi connectivity index (χ0n) is 44.3. The van der Waals surface area contributed by atoms with Crippen LogP contribution in [0.15, 0.2) is 286 Å². The van der Waals surface area contributed by atoms with Crippen molar-refractivity contribution in [1.82, 2.24) is 14.5 Å². The van der Waals surface area contributed by atoms with Gasteiger partial charge in [0.1, 0.15) is 12.4 Å². The predicted octanol–water partition coefficient (Wildman–Crippen LogP) is 14.7. The van der Waals surface area contributed by atoms with Crippen molar-refractivity contribution in [2.75, 3.05) is 40.1 Å². The van der Waals surface area contributed by atoms with Gasteiger partial charge in [0.15, 0.2) is 0 Å². The maximum Gasteiger partial charge on any atom is 0.119 e. The van der Waals surface area contributed by atoms with Gasteiger partial charge in [0.05, 0.1) is 0 Å². The van der Waals surface area contributed by atoms with Gasteiger partial charge in [0.25, 0.3) is 0 Å². The molecule has 0 aliphatic heterocycles. The normalized spacial score (nSPS) is 9.62. The molecule has 0 aliphatic rings. The van der Waals surface area contributed by atoms with Gasteiger partial charge in [-0.3, -0.25) is 9.97 Å². The van der Waals surface area contributed by atoms with Crippen molar-refractivity contribution in [3.63, 3.8) is 0 Å². The third-order valence-electron chi connectivity index (χ3n) is 11.0. The summed E-state index contributed by atoms with van der Waals surface area (Å²) < 4.78 is 7.59. The molecular formula is C67H70N10O. The fourth-order valence-corrected chi connectivity index (χ4v) is 6.67. The Labute approximate surface area is 460 Å². The molecule has 11 aromatic rings. The zero-order valence-corrected chi connectivity index (χ0v) is 44.3. The van der Waals surface area contributed by atoms with E-state index in [2.05, 4.69) is 28.7 Å². The highest BCUT2D eigenvalue weighted by molar-refractivity contribution is 5.66. The van der Waals surface area contributed by atoms with Crippen LogP contribution in [0, 0.1) is 6.92 Å². The van der Waals surface area contributed by atoms with E-state index in [9.17, 15) is 0 Å². The molecule has 11 heteroatoms. The Morgan fingerprint density at radius 1 is 0.397 bits per heavy atom. The lowest BCUT2D eigenvalue weighted by molar-refractivity contribution is 0.306. The summed E-state index contributed by atoms with van der Waals surface area (Å²) in [5, 5.41) is 0. The summed E-state index contributed by atoms with van der Waals surface area (Å²) >= 11 is 0. The van der Waals surface area contributed by atoms with Gasteiger partial charge in [-0.05, 0) is 175 Å². The second kappa shape index (κ2) is 32.6. The Kier molecular flexibility index (Phi) is 24.4. The monoisotopic (exact) mass is 1030 g/mol. The van der Waals surface area contributed by atoms with Gasteiger partial charge in [-0.25, -0.2) is 0 Å². The van der Waals surface area contributed by atoms with Crippen LogP contribution in [0.2, 0.25) is 0 Å². The van der Waals surface area contributed by atoms with Crippen molar-refractivity contribution < 1.29 is 4.74 Å². The minimum atomic E-state index is 0.526. The summed E-state index contributed by atoms with van der Waals surface area (Å²) in [4.78, 5) is 8.06. The van der Waals surface area contributed by atoms with E-state index in [1.165, 1.54) is 16.7 Å². The maximum absolute atomic E-state index is 5.60. The van der Waals surface area contributed by atoms with Crippen molar-refractivity contribution in [3.05, 3.63) is 303 Å². The molecule has 0 radical (unpaired) electrons. The van der Waals surface area contributed by atoms with Gasteiger partial charge in [-0.1, -0.05) is 127 Å². The Balaban J connectivity index is 0.000000170. The molecule has 0 saturated carbocycles. The van der Waals surface area contributed by atoms with E-state index < -0.39 is 0 Å². The highest BCUT2D eigenvalue weighted by Gasteiger charge is 1.98. The van der Waals surface area contributed by atoms with E-state index in [-0.39, 0.29) is 0 Å². The fraction of sp³-hybridized carbons (Fsp3) is 0.0448. The third-order valence-corrected chi connectivity index (χ3v) is 11.0. The molecule has 0 unspecified atom stereocenters. The number of nitrogens with zero attached hydrogens (tertiary/aromatic N) is 3. The third kappa shape index (κ3) is 22.7. The van der Waals surface area contributed by atoms with E-state index in [0.717, 1.165) is 79.1 Å². The molecule has 3 heterocycles. The van der Waals surface area contributed by atoms with Crippen LogP contribution in [0.1, 0.15) is 23.6 Å². The van der Waals surface area contributed by atoms with Crippen LogP contribution in [-0.2, 0) is 6.61 Å². The van der Waals surface area contributed by atoms with Gasteiger partial charge in [0, 0.05) is 88.2 Å². The largest absolute Gasteiger partial charge is 0.489 e. The molecule has 8 aromatic carbocycles. The van der Waals surface area contributed by atoms with Crippen molar-refractivity contribution in [2.45, 2.75) is 20.5 Å². The molecule has 0 amide bonds. The number of nitrogen functional groups attached to an aromatic ring is 7. The quantitative estimate of drug-likeness (QED) is 0.0748.